The third-order valence-electron chi connectivity index (χ3n) is 3.85. The van der Waals surface area contributed by atoms with Crippen LogP contribution in [0.2, 0.25) is 0 Å². The molecule has 0 bridgehead atoms. The number of carbonyl (C=O) groups is 1. The fourth-order valence-corrected chi connectivity index (χ4v) is 3.89. The van der Waals surface area contributed by atoms with Gasteiger partial charge in [-0.3, -0.25) is 4.79 Å². The van der Waals surface area contributed by atoms with Crippen LogP contribution in [0.15, 0.2) is 0 Å². The molecule has 0 spiro atoms. The van der Waals surface area contributed by atoms with Crippen LogP contribution in [-0.4, -0.2) is 34.4 Å². The van der Waals surface area contributed by atoms with E-state index >= 15 is 0 Å². The molecule has 2 aromatic heterocycles. The Labute approximate surface area is 122 Å². The van der Waals surface area contributed by atoms with Crippen molar-refractivity contribution in [1.82, 2.24) is 14.9 Å². The van der Waals surface area contributed by atoms with Crippen LogP contribution in [0.5, 0.6) is 0 Å². The maximum absolute atomic E-state index is 12.6. The van der Waals surface area contributed by atoms with Crippen LogP contribution >= 0.6 is 11.3 Å². The fraction of sp³-hybridized carbons (Fsp3) is 0.533. The molecule has 1 fully saturated rings. The van der Waals surface area contributed by atoms with Crippen LogP contribution in [0.25, 0.3) is 10.2 Å². The number of aromatic nitrogens is 2. The molecule has 0 atom stereocenters. The van der Waals surface area contributed by atoms with E-state index in [1.807, 2.05) is 32.7 Å². The Bertz CT molecular complexity index is 688. The monoisotopic (exact) mass is 289 g/mol. The highest BCUT2D eigenvalue weighted by Gasteiger charge is 2.27. The first-order valence-electron chi connectivity index (χ1n) is 6.97. The van der Waals surface area contributed by atoms with E-state index in [0.717, 1.165) is 38.7 Å². The maximum atomic E-state index is 12.6. The molecular formula is C15H19N3OS. The van der Waals surface area contributed by atoms with Crippen LogP contribution < -0.4 is 0 Å². The van der Waals surface area contributed by atoms with E-state index in [1.165, 1.54) is 24.2 Å². The van der Waals surface area contributed by atoms with E-state index in [0.29, 0.717) is 5.92 Å². The summed E-state index contributed by atoms with van der Waals surface area (Å²) in [5.41, 5.74) is 1.99. The zero-order chi connectivity index (χ0) is 14.4. The summed E-state index contributed by atoms with van der Waals surface area (Å²) in [5.74, 6) is 1.60. The van der Waals surface area contributed by atoms with Gasteiger partial charge in [0.05, 0.1) is 4.88 Å². The second-order valence-electron chi connectivity index (χ2n) is 5.72. The summed E-state index contributed by atoms with van der Waals surface area (Å²) in [6, 6.07) is 0. The van der Waals surface area contributed by atoms with Crippen LogP contribution in [0.4, 0.5) is 0 Å². The molecule has 1 aliphatic rings. The molecule has 20 heavy (non-hydrogen) atoms. The smallest absolute Gasteiger partial charge is 0.264 e. The Morgan fingerprint density at radius 2 is 2.00 bits per heavy atom. The predicted octanol–water partition coefficient (Wildman–Crippen LogP) is 3.10. The molecule has 5 heteroatoms. The molecule has 0 radical (unpaired) electrons. The van der Waals surface area contributed by atoms with E-state index in [2.05, 4.69) is 9.97 Å². The largest absolute Gasteiger partial charge is 0.341 e. The average molecular weight is 289 g/mol. The summed E-state index contributed by atoms with van der Waals surface area (Å²) in [5, 5.41) is 1.05. The highest BCUT2D eigenvalue weighted by atomic mass is 32.1. The lowest BCUT2D eigenvalue weighted by Crippen LogP contribution is -2.28. The van der Waals surface area contributed by atoms with Gasteiger partial charge >= 0.3 is 0 Å². The number of aryl methyl sites for hydroxylation is 3. The minimum Gasteiger partial charge on any atom is -0.341 e. The number of hydrogen-bond acceptors (Lipinski definition) is 4. The molecule has 2 heterocycles. The summed E-state index contributed by atoms with van der Waals surface area (Å²) >= 11 is 1.49. The van der Waals surface area contributed by atoms with Gasteiger partial charge in [-0.1, -0.05) is 0 Å². The van der Waals surface area contributed by atoms with Gasteiger partial charge < -0.3 is 4.90 Å². The first-order chi connectivity index (χ1) is 9.47. The zero-order valence-corrected chi connectivity index (χ0v) is 13.2. The normalized spacial score (nSPS) is 14.8. The van der Waals surface area contributed by atoms with Gasteiger partial charge in [-0.15, -0.1) is 11.3 Å². The first kappa shape index (κ1) is 13.5. The maximum Gasteiger partial charge on any atom is 0.264 e. The van der Waals surface area contributed by atoms with E-state index in [4.69, 9.17) is 0 Å². The Morgan fingerprint density at radius 3 is 2.65 bits per heavy atom. The van der Waals surface area contributed by atoms with Crippen LogP contribution in [0.3, 0.4) is 0 Å². The van der Waals surface area contributed by atoms with E-state index in [-0.39, 0.29) is 5.91 Å². The molecular weight excluding hydrogens is 270 g/mol. The standard InChI is InChI=1S/C15H19N3OS/c1-8-12-9(2)16-10(3)17-14(12)20-13(8)15(19)18(4)7-11-5-6-11/h11H,5-7H2,1-4H3. The first-order valence-corrected chi connectivity index (χ1v) is 7.79. The van der Waals surface area contributed by atoms with Gasteiger partial charge in [0.25, 0.3) is 5.91 Å². The second-order valence-corrected chi connectivity index (χ2v) is 6.72. The van der Waals surface area contributed by atoms with Crippen molar-refractivity contribution in [2.45, 2.75) is 33.6 Å². The van der Waals surface area contributed by atoms with E-state index in [9.17, 15) is 4.79 Å². The third kappa shape index (κ3) is 2.30. The average Bonchev–Trinajstić information content (AvgIpc) is 3.11. The van der Waals surface area contributed by atoms with Crippen molar-refractivity contribution in [2.75, 3.05) is 13.6 Å². The summed E-state index contributed by atoms with van der Waals surface area (Å²) in [6.45, 7) is 6.75. The lowest BCUT2D eigenvalue weighted by atomic mass is 10.1. The van der Waals surface area contributed by atoms with Crippen molar-refractivity contribution in [1.29, 1.82) is 0 Å². The molecule has 0 unspecified atom stereocenters. The minimum atomic E-state index is 0.120. The quantitative estimate of drug-likeness (QED) is 0.872. The SMILES string of the molecule is Cc1nc(C)c2c(C)c(C(=O)N(C)CC3CC3)sc2n1. The molecule has 106 valence electrons. The van der Waals surface area contributed by atoms with Gasteiger partial charge in [0.1, 0.15) is 10.7 Å². The molecule has 3 rings (SSSR count). The number of thiophene rings is 1. The van der Waals surface area contributed by atoms with Gasteiger partial charge in [0.15, 0.2) is 0 Å². The van der Waals surface area contributed by atoms with Crippen LogP contribution in [0.1, 0.15) is 39.6 Å². The molecule has 0 aliphatic heterocycles. The Kier molecular flexibility index (Phi) is 3.24. The molecule has 1 amide bonds. The Hall–Kier alpha value is -1.49. The van der Waals surface area contributed by atoms with Gasteiger partial charge in [-0.05, 0) is 45.1 Å². The summed E-state index contributed by atoms with van der Waals surface area (Å²) in [4.78, 5) is 25.1. The number of carbonyl (C=O) groups excluding carboxylic acids is 1. The van der Waals surface area contributed by atoms with Gasteiger partial charge in [0, 0.05) is 24.7 Å². The van der Waals surface area contributed by atoms with Crippen molar-refractivity contribution in [3.8, 4) is 0 Å². The molecule has 4 nitrogen and oxygen atoms in total. The lowest BCUT2D eigenvalue weighted by Gasteiger charge is -2.16. The Morgan fingerprint density at radius 1 is 1.30 bits per heavy atom. The third-order valence-corrected chi connectivity index (χ3v) is 5.03. The van der Waals surface area contributed by atoms with Crippen molar-refractivity contribution < 1.29 is 4.79 Å². The lowest BCUT2D eigenvalue weighted by molar-refractivity contribution is 0.0793. The fourth-order valence-electron chi connectivity index (χ4n) is 2.62. The van der Waals surface area contributed by atoms with Gasteiger partial charge in [0.2, 0.25) is 0 Å². The summed E-state index contributed by atoms with van der Waals surface area (Å²) < 4.78 is 0. The number of hydrogen-bond donors (Lipinski definition) is 0. The predicted molar refractivity (Wildman–Crippen MR) is 81.3 cm³/mol. The van der Waals surface area contributed by atoms with E-state index in [1.54, 1.807) is 0 Å². The topological polar surface area (TPSA) is 46.1 Å². The van der Waals surface area contributed by atoms with Crippen molar-refractivity contribution in [3.63, 3.8) is 0 Å². The van der Waals surface area contributed by atoms with Crippen LogP contribution in [-0.2, 0) is 0 Å². The van der Waals surface area contributed by atoms with Gasteiger partial charge in [-0.2, -0.15) is 0 Å². The highest BCUT2D eigenvalue weighted by molar-refractivity contribution is 7.20. The Balaban J connectivity index is 2.00. The number of nitrogens with zero attached hydrogens (tertiary/aromatic N) is 3. The zero-order valence-electron chi connectivity index (χ0n) is 12.4. The number of amides is 1. The van der Waals surface area contributed by atoms with E-state index < -0.39 is 0 Å². The molecule has 0 saturated heterocycles. The molecule has 2 aromatic rings. The molecule has 0 aromatic carbocycles. The van der Waals surface area contributed by atoms with Crippen LogP contribution in [0, 0.1) is 26.7 Å². The minimum absolute atomic E-state index is 0.120. The highest BCUT2D eigenvalue weighted by Crippen LogP contribution is 2.33. The number of fused-ring (bicyclic) bond motifs is 1. The van der Waals surface area contributed by atoms with Crippen molar-refractivity contribution in [3.05, 3.63) is 22.0 Å². The number of rotatable bonds is 3. The summed E-state index contributed by atoms with van der Waals surface area (Å²) in [7, 11) is 1.90. The van der Waals surface area contributed by atoms with Gasteiger partial charge in [-0.25, -0.2) is 9.97 Å². The van der Waals surface area contributed by atoms with Crippen molar-refractivity contribution >= 4 is 27.5 Å². The molecule has 0 N–H and O–H groups in total. The molecule has 1 saturated carbocycles. The second kappa shape index (κ2) is 4.81. The van der Waals surface area contributed by atoms with Crippen molar-refractivity contribution in [2.24, 2.45) is 5.92 Å². The molecule has 1 aliphatic carbocycles. The summed E-state index contributed by atoms with van der Waals surface area (Å²) in [6.07, 6.45) is 2.51.